The Balaban J connectivity index is 1.40. The molecule has 0 fully saturated rings. The molecule has 1 aromatic carbocycles. The van der Waals surface area contributed by atoms with Gasteiger partial charge in [0.15, 0.2) is 5.76 Å². The molecule has 0 saturated carbocycles. The smallest absolute Gasteiger partial charge is 0.278 e. The zero-order valence-electron chi connectivity index (χ0n) is 15.2. The van der Waals surface area contributed by atoms with E-state index < -0.39 is 11.5 Å². The maximum Gasteiger partial charge on any atom is 0.278 e. The highest BCUT2D eigenvalue weighted by Crippen LogP contribution is 2.14. The highest BCUT2D eigenvalue weighted by molar-refractivity contribution is 5.78. The summed E-state index contributed by atoms with van der Waals surface area (Å²) in [5, 5.41) is 15.0. The fraction of sp³-hybridized carbons (Fsp3) is 0.158. The first-order chi connectivity index (χ1) is 14.1. The van der Waals surface area contributed by atoms with Crippen LogP contribution in [0.2, 0.25) is 0 Å². The molecule has 146 valence electrons. The van der Waals surface area contributed by atoms with Gasteiger partial charge in [0.2, 0.25) is 5.91 Å². The van der Waals surface area contributed by atoms with Crippen molar-refractivity contribution in [2.45, 2.75) is 13.1 Å². The van der Waals surface area contributed by atoms with Crippen LogP contribution in [0, 0.1) is 0 Å². The van der Waals surface area contributed by atoms with Gasteiger partial charge in [-0.3, -0.25) is 14.4 Å². The highest BCUT2D eigenvalue weighted by Gasteiger charge is 2.10. The number of nitrogens with one attached hydrogen (secondary N) is 1. The Labute approximate surface area is 163 Å². The predicted molar refractivity (Wildman–Crippen MR) is 103 cm³/mol. The van der Waals surface area contributed by atoms with Crippen LogP contribution in [0.4, 0.5) is 0 Å². The molecule has 3 heterocycles. The van der Waals surface area contributed by atoms with Gasteiger partial charge in [0.25, 0.3) is 11.1 Å². The number of hydrogen-bond acceptors (Lipinski definition) is 7. The molecule has 0 spiro atoms. The molecule has 10 nitrogen and oxygen atoms in total. The lowest BCUT2D eigenvalue weighted by Gasteiger charge is -2.08. The molecule has 1 amide bonds. The summed E-state index contributed by atoms with van der Waals surface area (Å²) in [6.07, 6.45) is 1.52. The molecule has 0 aliphatic rings. The average Bonchev–Trinajstić information content (AvgIpc) is 3.27. The molecular weight excluding hydrogens is 376 g/mol. The van der Waals surface area contributed by atoms with Gasteiger partial charge >= 0.3 is 0 Å². The van der Waals surface area contributed by atoms with Crippen molar-refractivity contribution in [3.63, 3.8) is 0 Å². The number of benzene rings is 1. The van der Waals surface area contributed by atoms with Crippen molar-refractivity contribution in [3.8, 4) is 11.5 Å². The Hall–Kier alpha value is -4.08. The number of rotatable bonds is 6. The van der Waals surface area contributed by atoms with E-state index in [-0.39, 0.29) is 25.2 Å². The predicted octanol–water partition coefficient (Wildman–Crippen LogP) is 0.425. The van der Waals surface area contributed by atoms with Crippen LogP contribution in [0.5, 0.6) is 0 Å². The van der Waals surface area contributed by atoms with E-state index in [9.17, 15) is 14.4 Å². The fourth-order valence-corrected chi connectivity index (χ4v) is 2.78. The third-order valence-corrected chi connectivity index (χ3v) is 4.21. The summed E-state index contributed by atoms with van der Waals surface area (Å²) in [7, 11) is 0. The van der Waals surface area contributed by atoms with Crippen LogP contribution in [0.1, 0.15) is 0 Å². The first-order valence-corrected chi connectivity index (χ1v) is 8.83. The SMILES string of the molecule is O=C(Cn1nnc2ccccc2c1=O)NCCn1nc(-c2ccco2)ccc1=O. The molecule has 4 rings (SSSR count). The second kappa shape index (κ2) is 7.89. The Morgan fingerprint density at radius 3 is 2.72 bits per heavy atom. The number of carbonyl (C=O) groups excluding carboxylic acids is 1. The molecule has 0 atom stereocenters. The molecule has 0 bridgehead atoms. The van der Waals surface area contributed by atoms with Gasteiger partial charge in [-0.25, -0.2) is 9.36 Å². The molecule has 0 unspecified atom stereocenters. The van der Waals surface area contributed by atoms with E-state index >= 15 is 0 Å². The second-order valence-electron chi connectivity index (χ2n) is 6.18. The van der Waals surface area contributed by atoms with E-state index in [0.717, 1.165) is 4.68 Å². The van der Waals surface area contributed by atoms with Crippen molar-refractivity contribution in [3.05, 3.63) is 75.5 Å². The summed E-state index contributed by atoms with van der Waals surface area (Å²) < 4.78 is 7.51. The standard InChI is InChI=1S/C19H16N6O4/c26-17(12-25-19(28)13-4-1-2-5-14(13)21-23-25)20-9-10-24-18(27)8-7-15(22-24)16-6-3-11-29-16/h1-8,11H,9-10,12H2,(H,20,26). The molecule has 0 aliphatic carbocycles. The molecule has 10 heteroatoms. The average molecular weight is 392 g/mol. The van der Waals surface area contributed by atoms with Gasteiger partial charge in [-0.15, -0.1) is 5.10 Å². The fourth-order valence-electron chi connectivity index (χ4n) is 2.78. The van der Waals surface area contributed by atoms with Crippen molar-refractivity contribution in [2.24, 2.45) is 0 Å². The van der Waals surface area contributed by atoms with Crippen molar-refractivity contribution < 1.29 is 9.21 Å². The lowest BCUT2D eigenvalue weighted by atomic mass is 10.2. The normalized spacial score (nSPS) is 10.9. The Morgan fingerprint density at radius 1 is 1.03 bits per heavy atom. The summed E-state index contributed by atoms with van der Waals surface area (Å²) in [6.45, 7) is 0.0476. The van der Waals surface area contributed by atoms with E-state index in [4.69, 9.17) is 4.42 Å². The molecule has 4 aromatic rings. The van der Waals surface area contributed by atoms with Gasteiger partial charge in [-0.05, 0) is 30.3 Å². The third-order valence-electron chi connectivity index (χ3n) is 4.21. The number of carbonyl (C=O) groups is 1. The third kappa shape index (κ3) is 3.95. The van der Waals surface area contributed by atoms with Crippen molar-refractivity contribution in [2.75, 3.05) is 6.54 Å². The monoisotopic (exact) mass is 392 g/mol. The number of fused-ring (bicyclic) bond motifs is 1. The molecule has 0 aliphatic heterocycles. The lowest BCUT2D eigenvalue weighted by molar-refractivity contribution is -0.122. The van der Waals surface area contributed by atoms with Crippen LogP contribution >= 0.6 is 0 Å². The van der Waals surface area contributed by atoms with E-state index in [1.807, 2.05) is 0 Å². The first kappa shape index (κ1) is 18.3. The van der Waals surface area contributed by atoms with E-state index in [1.54, 1.807) is 42.5 Å². The van der Waals surface area contributed by atoms with Crippen LogP contribution < -0.4 is 16.4 Å². The maximum atomic E-state index is 12.4. The van der Waals surface area contributed by atoms with E-state index in [0.29, 0.717) is 22.4 Å². The van der Waals surface area contributed by atoms with Crippen molar-refractivity contribution >= 4 is 16.8 Å². The van der Waals surface area contributed by atoms with Gasteiger partial charge in [0.1, 0.15) is 17.8 Å². The van der Waals surface area contributed by atoms with Crippen LogP contribution in [0.25, 0.3) is 22.4 Å². The Kier molecular flexibility index (Phi) is 4.97. The van der Waals surface area contributed by atoms with E-state index in [2.05, 4.69) is 20.7 Å². The maximum absolute atomic E-state index is 12.4. The minimum absolute atomic E-state index is 0.156. The Bertz CT molecular complexity index is 1280. The van der Waals surface area contributed by atoms with Gasteiger partial charge in [0, 0.05) is 12.6 Å². The van der Waals surface area contributed by atoms with E-state index in [1.165, 1.54) is 17.0 Å². The molecule has 1 N–H and O–H groups in total. The quantitative estimate of drug-likeness (QED) is 0.504. The number of hydrogen-bond donors (Lipinski definition) is 1. The molecule has 29 heavy (non-hydrogen) atoms. The number of furan rings is 1. The largest absolute Gasteiger partial charge is 0.463 e. The minimum Gasteiger partial charge on any atom is -0.463 e. The summed E-state index contributed by atoms with van der Waals surface area (Å²) in [5.41, 5.74) is 0.288. The molecule has 0 saturated heterocycles. The van der Waals surface area contributed by atoms with Crippen LogP contribution in [0.15, 0.2) is 68.8 Å². The Morgan fingerprint density at radius 2 is 1.90 bits per heavy atom. The number of aromatic nitrogens is 5. The highest BCUT2D eigenvalue weighted by atomic mass is 16.3. The topological polar surface area (TPSA) is 125 Å². The summed E-state index contributed by atoms with van der Waals surface area (Å²) in [6, 6.07) is 13.2. The van der Waals surface area contributed by atoms with Crippen LogP contribution in [-0.2, 0) is 17.9 Å². The van der Waals surface area contributed by atoms with Gasteiger partial charge in [-0.2, -0.15) is 5.10 Å². The second-order valence-corrected chi connectivity index (χ2v) is 6.18. The summed E-state index contributed by atoms with van der Waals surface area (Å²) >= 11 is 0. The first-order valence-electron chi connectivity index (χ1n) is 8.83. The lowest BCUT2D eigenvalue weighted by Crippen LogP contribution is -2.37. The van der Waals surface area contributed by atoms with Gasteiger partial charge in [0.05, 0.1) is 18.2 Å². The molecular formula is C19H16N6O4. The van der Waals surface area contributed by atoms with Crippen LogP contribution in [0.3, 0.4) is 0 Å². The number of amides is 1. The van der Waals surface area contributed by atoms with Gasteiger partial charge < -0.3 is 9.73 Å². The number of nitrogens with zero attached hydrogens (tertiary/aromatic N) is 5. The van der Waals surface area contributed by atoms with Gasteiger partial charge in [-0.1, -0.05) is 17.3 Å². The summed E-state index contributed by atoms with van der Waals surface area (Å²) in [4.78, 5) is 36.5. The summed E-state index contributed by atoms with van der Waals surface area (Å²) in [5.74, 6) is 0.115. The van der Waals surface area contributed by atoms with Crippen LogP contribution in [-0.4, -0.2) is 37.2 Å². The van der Waals surface area contributed by atoms with Crippen molar-refractivity contribution in [1.82, 2.24) is 30.1 Å². The minimum atomic E-state index is -0.424. The molecule has 0 radical (unpaired) electrons. The van der Waals surface area contributed by atoms with Crippen molar-refractivity contribution in [1.29, 1.82) is 0 Å². The zero-order valence-corrected chi connectivity index (χ0v) is 15.2. The molecule has 3 aromatic heterocycles. The zero-order chi connectivity index (χ0) is 20.2.